The van der Waals surface area contributed by atoms with Crippen LogP contribution in [0.25, 0.3) is 0 Å². The molecule has 1 aromatic rings. The lowest BCUT2D eigenvalue weighted by Gasteiger charge is -2.16. The molecule has 0 amide bonds. The number of nitrogens with zero attached hydrogens (tertiary/aromatic N) is 1. The van der Waals surface area contributed by atoms with Crippen molar-refractivity contribution in [3.05, 3.63) is 29.3 Å². The molecule has 3 nitrogen and oxygen atoms in total. The zero-order chi connectivity index (χ0) is 13.0. The van der Waals surface area contributed by atoms with Crippen LogP contribution in [-0.4, -0.2) is 11.0 Å². The summed E-state index contributed by atoms with van der Waals surface area (Å²) in [6.45, 7) is 2.27. The maximum atomic E-state index is 9.10. The van der Waals surface area contributed by atoms with Gasteiger partial charge in [0.1, 0.15) is 5.84 Å². The van der Waals surface area contributed by atoms with Crippen LogP contribution in [0.1, 0.15) is 32.6 Å². The van der Waals surface area contributed by atoms with Gasteiger partial charge in [-0.2, -0.15) is 0 Å². The number of rotatable bonds is 3. The summed E-state index contributed by atoms with van der Waals surface area (Å²) in [7, 11) is 0. The topological polar surface area (TPSA) is 44.6 Å². The average Bonchev–Trinajstić information content (AvgIpc) is 2.74. The van der Waals surface area contributed by atoms with Gasteiger partial charge in [-0.3, -0.25) is 0 Å². The van der Waals surface area contributed by atoms with Crippen molar-refractivity contribution in [3.63, 3.8) is 0 Å². The predicted molar refractivity (Wildman–Crippen MR) is 75.4 cm³/mol. The molecule has 1 saturated carbocycles. The molecule has 18 heavy (non-hydrogen) atoms. The fraction of sp³-hybridized carbons (Fsp3) is 0.500. The fourth-order valence-electron chi connectivity index (χ4n) is 2.62. The fourth-order valence-corrected chi connectivity index (χ4v) is 2.81. The molecule has 0 radical (unpaired) electrons. The standard InChI is InChI=1S/C14H19ClN2O/c1-10-4-2-5-11(10)8-14(17-18)16-13-7-3-6-12(15)9-13/h3,6-7,9-11,18H,2,4-5,8H2,1H3,(H,16,17). The molecule has 0 bridgehead atoms. The van der Waals surface area contributed by atoms with Crippen LogP contribution < -0.4 is 5.32 Å². The van der Waals surface area contributed by atoms with Gasteiger partial charge >= 0.3 is 0 Å². The van der Waals surface area contributed by atoms with E-state index in [1.165, 1.54) is 19.3 Å². The van der Waals surface area contributed by atoms with E-state index in [4.69, 9.17) is 16.8 Å². The summed E-state index contributed by atoms with van der Waals surface area (Å²) in [4.78, 5) is 0. The molecule has 0 spiro atoms. The molecule has 1 aliphatic rings. The Kier molecular flexibility index (Phi) is 4.48. The van der Waals surface area contributed by atoms with Crippen molar-refractivity contribution in [1.29, 1.82) is 0 Å². The minimum absolute atomic E-state index is 0.614. The third kappa shape index (κ3) is 3.39. The second-order valence-corrected chi connectivity index (χ2v) is 5.49. The van der Waals surface area contributed by atoms with Crippen LogP contribution in [0.3, 0.4) is 0 Å². The SMILES string of the molecule is CC1CCCC1C/C(=N/O)Nc1cccc(Cl)c1. The summed E-state index contributed by atoms with van der Waals surface area (Å²) < 4.78 is 0. The lowest BCUT2D eigenvalue weighted by atomic mass is 9.94. The zero-order valence-electron chi connectivity index (χ0n) is 10.6. The van der Waals surface area contributed by atoms with E-state index in [-0.39, 0.29) is 0 Å². The minimum atomic E-state index is 0.614. The maximum Gasteiger partial charge on any atom is 0.146 e. The Labute approximate surface area is 113 Å². The molecule has 0 saturated heterocycles. The first-order valence-electron chi connectivity index (χ1n) is 6.42. The van der Waals surface area contributed by atoms with Crippen LogP contribution in [-0.2, 0) is 0 Å². The van der Waals surface area contributed by atoms with E-state index in [1.807, 2.05) is 24.3 Å². The Balaban J connectivity index is 1.97. The Morgan fingerprint density at radius 1 is 1.50 bits per heavy atom. The van der Waals surface area contributed by atoms with Crippen molar-refractivity contribution in [3.8, 4) is 0 Å². The second kappa shape index (κ2) is 6.10. The van der Waals surface area contributed by atoms with Crippen LogP contribution in [0.4, 0.5) is 5.69 Å². The van der Waals surface area contributed by atoms with E-state index in [0.717, 1.165) is 12.1 Å². The van der Waals surface area contributed by atoms with Crippen LogP contribution in [0.15, 0.2) is 29.4 Å². The van der Waals surface area contributed by atoms with Crippen molar-refractivity contribution >= 4 is 23.1 Å². The molecule has 2 N–H and O–H groups in total. The van der Waals surface area contributed by atoms with E-state index >= 15 is 0 Å². The smallest absolute Gasteiger partial charge is 0.146 e. The van der Waals surface area contributed by atoms with Crippen molar-refractivity contribution < 1.29 is 5.21 Å². The molecule has 2 rings (SSSR count). The molecular formula is C14H19ClN2O. The molecule has 0 aliphatic heterocycles. The number of halogens is 1. The quantitative estimate of drug-likeness (QED) is 0.369. The number of hydrogen-bond donors (Lipinski definition) is 2. The average molecular weight is 267 g/mol. The molecule has 0 heterocycles. The first-order valence-corrected chi connectivity index (χ1v) is 6.80. The van der Waals surface area contributed by atoms with Crippen molar-refractivity contribution in [1.82, 2.24) is 0 Å². The number of hydrogen-bond acceptors (Lipinski definition) is 2. The maximum absolute atomic E-state index is 9.10. The van der Waals surface area contributed by atoms with Crippen LogP contribution in [0, 0.1) is 11.8 Å². The number of amidine groups is 1. The normalized spacial score (nSPS) is 24.2. The van der Waals surface area contributed by atoms with Crippen molar-refractivity contribution in [2.24, 2.45) is 17.0 Å². The molecule has 1 aliphatic carbocycles. The van der Waals surface area contributed by atoms with Gasteiger partial charge in [0.25, 0.3) is 0 Å². The van der Waals surface area contributed by atoms with Gasteiger partial charge in [0.2, 0.25) is 0 Å². The van der Waals surface area contributed by atoms with Crippen molar-refractivity contribution in [2.45, 2.75) is 32.6 Å². The van der Waals surface area contributed by atoms with E-state index in [9.17, 15) is 0 Å². The molecule has 0 aromatic heterocycles. The first kappa shape index (κ1) is 13.2. The van der Waals surface area contributed by atoms with E-state index in [1.54, 1.807) is 0 Å². The van der Waals surface area contributed by atoms with Gasteiger partial charge < -0.3 is 10.5 Å². The summed E-state index contributed by atoms with van der Waals surface area (Å²) in [5, 5.41) is 16.3. The Morgan fingerprint density at radius 2 is 2.33 bits per heavy atom. The number of anilines is 1. The highest BCUT2D eigenvalue weighted by atomic mass is 35.5. The third-order valence-electron chi connectivity index (χ3n) is 3.73. The Hall–Kier alpha value is -1.22. The van der Waals surface area contributed by atoms with E-state index in [0.29, 0.717) is 22.7 Å². The number of benzene rings is 1. The third-order valence-corrected chi connectivity index (χ3v) is 3.96. The summed E-state index contributed by atoms with van der Waals surface area (Å²) in [6, 6.07) is 7.43. The zero-order valence-corrected chi connectivity index (χ0v) is 11.3. The number of nitrogens with one attached hydrogen (secondary N) is 1. The largest absolute Gasteiger partial charge is 0.409 e. The predicted octanol–water partition coefficient (Wildman–Crippen LogP) is 4.37. The first-order chi connectivity index (χ1) is 8.69. The lowest BCUT2D eigenvalue weighted by molar-refractivity contribution is 0.314. The minimum Gasteiger partial charge on any atom is -0.409 e. The highest BCUT2D eigenvalue weighted by Crippen LogP contribution is 2.33. The van der Waals surface area contributed by atoms with Gasteiger partial charge in [-0.15, -0.1) is 0 Å². The molecule has 2 atom stereocenters. The van der Waals surface area contributed by atoms with Crippen molar-refractivity contribution in [2.75, 3.05) is 5.32 Å². The molecule has 1 aromatic carbocycles. The highest BCUT2D eigenvalue weighted by molar-refractivity contribution is 6.30. The number of oxime groups is 1. The summed E-state index contributed by atoms with van der Waals surface area (Å²) >= 11 is 5.92. The highest BCUT2D eigenvalue weighted by Gasteiger charge is 2.24. The van der Waals surface area contributed by atoms with Gasteiger partial charge in [-0.25, -0.2) is 0 Å². The summed E-state index contributed by atoms with van der Waals surface area (Å²) in [5.74, 6) is 1.95. The Morgan fingerprint density at radius 3 is 2.94 bits per heavy atom. The molecular weight excluding hydrogens is 248 g/mol. The van der Waals surface area contributed by atoms with Gasteiger partial charge in [0.15, 0.2) is 0 Å². The monoisotopic (exact) mass is 266 g/mol. The summed E-state index contributed by atoms with van der Waals surface area (Å²) in [6.07, 6.45) is 4.57. The van der Waals surface area contributed by atoms with Gasteiger partial charge in [-0.1, -0.05) is 42.6 Å². The summed E-state index contributed by atoms with van der Waals surface area (Å²) in [5.41, 5.74) is 0.862. The second-order valence-electron chi connectivity index (χ2n) is 5.05. The molecule has 2 unspecified atom stereocenters. The van der Waals surface area contributed by atoms with Crippen LogP contribution in [0.2, 0.25) is 5.02 Å². The lowest BCUT2D eigenvalue weighted by Crippen LogP contribution is -2.18. The van der Waals surface area contributed by atoms with Crippen LogP contribution in [0.5, 0.6) is 0 Å². The molecule has 98 valence electrons. The van der Waals surface area contributed by atoms with Gasteiger partial charge in [0, 0.05) is 17.1 Å². The Bertz CT molecular complexity index is 434. The van der Waals surface area contributed by atoms with Gasteiger partial charge in [-0.05, 0) is 36.5 Å². The molecule has 4 heteroatoms. The van der Waals surface area contributed by atoms with E-state index in [2.05, 4.69) is 17.4 Å². The van der Waals surface area contributed by atoms with Gasteiger partial charge in [0.05, 0.1) is 0 Å². The van der Waals surface area contributed by atoms with Crippen LogP contribution >= 0.6 is 11.6 Å². The molecule has 1 fully saturated rings. The van der Waals surface area contributed by atoms with E-state index < -0.39 is 0 Å².